The molecule has 1 aliphatic carbocycles. The van der Waals surface area contributed by atoms with E-state index in [4.69, 9.17) is 5.41 Å². The van der Waals surface area contributed by atoms with Crippen molar-refractivity contribution >= 4 is 17.5 Å². The number of H-pyrrole nitrogens is 1. The maximum absolute atomic E-state index is 14.3. The molecule has 1 aliphatic heterocycles. The van der Waals surface area contributed by atoms with Gasteiger partial charge >= 0.3 is 0 Å². The van der Waals surface area contributed by atoms with Crippen LogP contribution in [0, 0.1) is 54.7 Å². The third kappa shape index (κ3) is 26.8. The van der Waals surface area contributed by atoms with Crippen LogP contribution in [0.5, 0.6) is 0 Å². The van der Waals surface area contributed by atoms with Crippen LogP contribution in [-0.2, 0) is 24.7 Å². The summed E-state index contributed by atoms with van der Waals surface area (Å²) in [4.78, 5) is 30.8. The quantitative estimate of drug-likeness (QED) is 0.0871. The molecule has 2 aromatic heterocycles. The molecule has 0 saturated carbocycles. The highest BCUT2D eigenvalue weighted by Gasteiger charge is 2.32. The second-order valence-electron chi connectivity index (χ2n) is 15.5. The van der Waals surface area contributed by atoms with Crippen molar-refractivity contribution < 1.29 is 14.0 Å². The summed E-state index contributed by atoms with van der Waals surface area (Å²) in [6.07, 6.45) is 24.6. The standard InChI is InChI=1S/C20H22FN5O.C9H20.C6H11NO.C5H12.C4H9N.2C2H6.C2H2/c1-12-22-11-17(24-12)19(25-20(27)18-8-9-23-26(18)2)14-7-6-13-4-3-5-16(21)15(13)10-14;1-4-6-7-8-9(3)5-2;1-5-2-3-6(8)7-4-5;1-4-5(2)3;1-3-4(2)5;3*1-2/h3-5,8-9,11,14,19H,6-7,10H2,1-2H3,(H,22,24)(H,25,27);9H,4-8H2,1-3H3;5H,2-4H2,1H3,(H,7,8);5H,4H2,1-3H3;5H,3H2,1-2H3;2*1-2H3;1-2H. The summed E-state index contributed by atoms with van der Waals surface area (Å²) in [5, 5.41) is 16.7. The van der Waals surface area contributed by atoms with Crippen molar-refractivity contribution in [2.75, 3.05) is 6.54 Å². The summed E-state index contributed by atoms with van der Waals surface area (Å²) >= 11 is 0. The van der Waals surface area contributed by atoms with Gasteiger partial charge in [-0.05, 0) is 92.9 Å². The molecule has 1 saturated heterocycles. The molecule has 4 atom stereocenters. The summed E-state index contributed by atoms with van der Waals surface area (Å²) in [6, 6.07) is 6.65. The molecule has 0 radical (unpaired) electrons. The lowest BCUT2D eigenvalue weighted by molar-refractivity contribution is -0.122. The van der Waals surface area contributed by atoms with Crippen LogP contribution in [0.15, 0.2) is 36.7 Å². The molecule has 2 aliphatic rings. The number of piperidine rings is 1. The van der Waals surface area contributed by atoms with Gasteiger partial charge in [0.25, 0.3) is 5.91 Å². The Hall–Kier alpha value is -4.26. The SMILES string of the molecule is C#C.CC.CC.CC1CCC(=O)NC1.CCC(C)=N.CCC(C)C.CCCCCC(C)CC.Cc1ncc(C(NC(=O)c2ccnn2C)C2CCc3cccc(F)c3C2)[nH]1. The fourth-order valence-electron chi connectivity index (χ4n) is 5.72. The fourth-order valence-corrected chi connectivity index (χ4v) is 5.72. The highest BCUT2D eigenvalue weighted by atomic mass is 19.1. The molecule has 1 fully saturated rings. The number of aryl methyl sites for hydroxylation is 3. The fraction of sp³-hybridized carbons (Fsp3) is 0.660. The minimum atomic E-state index is -0.277. The molecule has 5 rings (SSSR count). The van der Waals surface area contributed by atoms with Gasteiger partial charge in [0.2, 0.25) is 5.91 Å². The Labute approximate surface area is 367 Å². The third-order valence-corrected chi connectivity index (χ3v) is 10.2. The van der Waals surface area contributed by atoms with E-state index in [9.17, 15) is 14.0 Å². The number of halogens is 1. The lowest BCUT2D eigenvalue weighted by atomic mass is 9.79. The lowest BCUT2D eigenvalue weighted by Gasteiger charge is -2.31. The van der Waals surface area contributed by atoms with Crippen LogP contribution in [0.1, 0.15) is 193 Å². The minimum absolute atomic E-state index is 0.0754. The van der Waals surface area contributed by atoms with Crippen LogP contribution in [-0.4, -0.2) is 43.8 Å². The van der Waals surface area contributed by atoms with Crippen molar-refractivity contribution in [2.24, 2.45) is 30.7 Å². The maximum Gasteiger partial charge on any atom is 0.270 e. The molecular formula is C50H88FN7O2. The van der Waals surface area contributed by atoms with Gasteiger partial charge in [-0.1, -0.05) is 134 Å². The molecule has 342 valence electrons. The van der Waals surface area contributed by atoms with Crippen LogP contribution in [0.2, 0.25) is 0 Å². The highest BCUT2D eigenvalue weighted by molar-refractivity contribution is 5.92. The Bertz CT molecular complexity index is 1530. The molecule has 4 unspecified atom stereocenters. The summed E-state index contributed by atoms with van der Waals surface area (Å²) in [6.45, 7) is 30.2. The predicted octanol–water partition coefficient (Wildman–Crippen LogP) is 12.8. The smallest absolute Gasteiger partial charge is 0.270 e. The number of terminal acetylenes is 1. The van der Waals surface area contributed by atoms with Gasteiger partial charge < -0.3 is 21.0 Å². The number of unbranched alkanes of at least 4 members (excludes halogenated alkanes) is 2. The number of imidazole rings is 1. The topological polar surface area (TPSA) is 129 Å². The van der Waals surface area contributed by atoms with Crippen molar-refractivity contribution in [1.29, 1.82) is 5.41 Å². The molecule has 2 amide bonds. The van der Waals surface area contributed by atoms with E-state index in [1.54, 1.807) is 43.2 Å². The Kier molecular flexibility index (Phi) is 37.7. The first-order valence-electron chi connectivity index (χ1n) is 22.9. The molecule has 4 N–H and O–H groups in total. The molecule has 60 heavy (non-hydrogen) atoms. The lowest BCUT2D eigenvalue weighted by Crippen LogP contribution is -2.37. The number of rotatable bonds is 11. The number of nitrogens with one attached hydrogen (secondary N) is 4. The number of aromatic amines is 1. The van der Waals surface area contributed by atoms with Crippen LogP contribution >= 0.6 is 0 Å². The Balaban J connectivity index is -0.000000808. The van der Waals surface area contributed by atoms with Crippen molar-refractivity contribution in [3.8, 4) is 12.8 Å². The van der Waals surface area contributed by atoms with Crippen molar-refractivity contribution in [3.63, 3.8) is 0 Å². The summed E-state index contributed by atoms with van der Waals surface area (Å²) in [7, 11) is 1.73. The number of fused-ring (bicyclic) bond motifs is 1. The van der Waals surface area contributed by atoms with Gasteiger partial charge in [0.1, 0.15) is 17.3 Å². The number of carbonyl (C=O) groups is 2. The average molecular weight is 838 g/mol. The number of hydrogen-bond donors (Lipinski definition) is 4. The van der Waals surface area contributed by atoms with Crippen LogP contribution in [0.4, 0.5) is 4.39 Å². The third-order valence-electron chi connectivity index (χ3n) is 10.2. The van der Waals surface area contributed by atoms with Crippen molar-refractivity contribution in [2.45, 2.75) is 180 Å². The molecule has 3 heterocycles. The number of hydrogen-bond acceptors (Lipinski definition) is 5. The van der Waals surface area contributed by atoms with Gasteiger partial charge in [-0.15, -0.1) is 12.8 Å². The zero-order valence-corrected chi connectivity index (χ0v) is 40.7. The molecule has 0 spiro atoms. The van der Waals surface area contributed by atoms with E-state index in [0.717, 1.165) is 78.8 Å². The van der Waals surface area contributed by atoms with Gasteiger partial charge in [0.15, 0.2) is 0 Å². The van der Waals surface area contributed by atoms with Gasteiger partial charge in [0, 0.05) is 31.9 Å². The number of amides is 2. The molecule has 3 aromatic rings. The van der Waals surface area contributed by atoms with E-state index >= 15 is 0 Å². The summed E-state index contributed by atoms with van der Waals surface area (Å²) < 4.78 is 15.9. The predicted molar refractivity (Wildman–Crippen MR) is 255 cm³/mol. The van der Waals surface area contributed by atoms with E-state index in [1.807, 2.05) is 47.6 Å². The largest absolute Gasteiger partial charge is 0.356 e. The van der Waals surface area contributed by atoms with Crippen molar-refractivity contribution in [1.82, 2.24) is 30.4 Å². The van der Waals surface area contributed by atoms with E-state index in [1.165, 1.54) is 44.6 Å². The average Bonchev–Trinajstić information content (AvgIpc) is 3.91. The highest BCUT2D eigenvalue weighted by Crippen LogP contribution is 2.35. The molecule has 0 bridgehead atoms. The maximum atomic E-state index is 14.3. The Morgan fingerprint density at radius 1 is 1.02 bits per heavy atom. The molecule has 1 aromatic carbocycles. The zero-order valence-electron chi connectivity index (χ0n) is 40.7. The first-order valence-corrected chi connectivity index (χ1v) is 22.9. The van der Waals surface area contributed by atoms with E-state index < -0.39 is 0 Å². The van der Waals surface area contributed by atoms with Gasteiger partial charge in [-0.3, -0.25) is 14.3 Å². The van der Waals surface area contributed by atoms with Gasteiger partial charge in [-0.2, -0.15) is 5.10 Å². The van der Waals surface area contributed by atoms with E-state index in [0.29, 0.717) is 18.0 Å². The number of benzene rings is 1. The van der Waals surface area contributed by atoms with Crippen LogP contribution in [0.25, 0.3) is 0 Å². The second-order valence-corrected chi connectivity index (χ2v) is 15.5. The van der Waals surface area contributed by atoms with Crippen LogP contribution in [0.3, 0.4) is 0 Å². The normalized spacial score (nSPS) is 15.5. The van der Waals surface area contributed by atoms with Crippen LogP contribution < -0.4 is 10.6 Å². The van der Waals surface area contributed by atoms with Gasteiger partial charge in [-0.25, -0.2) is 9.37 Å². The first kappa shape index (κ1) is 60.0. The number of aromatic nitrogens is 4. The molecule has 10 heteroatoms. The molecule has 9 nitrogen and oxygen atoms in total. The molecular weight excluding hydrogens is 750 g/mol. The monoisotopic (exact) mass is 838 g/mol. The minimum Gasteiger partial charge on any atom is -0.356 e. The first-order chi connectivity index (χ1) is 28.7. The number of carbonyl (C=O) groups excluding carboxylic acids is 2. The zero-order chi connectivity index (χ0) is 46.6. The van der Waals surface area contributed by atoms with E-state index in [-0.39, 0.29) is 29.6 Å². The summed E-state index contributed by atoms with van der Waals surface area (Å²) in [5.41, 5.74) is 3.89. The Morgan fingerprint density at radius 3 is 2.07 bits per heavy atom. The number of nitrogens with zero attached hydrogens (tertiary/aromatic N) is 3. The van der Waals surface area contributed by atoms with Gasteiger partial charge in [0.05, 0.1) is 17.9 Å². The Morgan fingerprint density at radius 2 is 1.63 bits per heavy atom. The van der Waals surface area contributed by atoms with Crippen molar-refractivity contribution in [3.05, 3.63) is 70.8 Å². The van der Waals surface area contributed by atoms with E-state index in [2.05, 4.69) is 87.0 Å². The second kappa shape index (κ2) is 37.7. The summed E-state index contributed by atoms with van der Waals surface area (Å²) in [5.74, 6) is 3.22.